The fourth-order valence-electron chi connectivity index (χ4n) is 3.60. The number of hydrogen-bond acceptors (Lipinski definition) is 3. The first-order valence-electron chi connectivity index (χ1n) is 12.3. The van der Waals surface area contributed by atoms with Crippen LogP contribution in [0.5, 0.6) is 5.75 Å². The van der Waals surface area contributed by atoms with E-state index >= 15 is 0 Å². The third-order valence-corrected chi connectivity index (χ3v) is 6.40. The third-order valence-electron chi connectivity index (χ3n) is 5.52. The number of ether oxygens (including phenoxy) is 1. The van der Waals surface area contributed by atoms with Crippen LogP contribution in [0.25, 0.3) is 0 Å². The Labute approximate surface area is 226 Å². The SMILES string of the molecule is CCCCCCCCCCCCCCC(=O)N[C@@H](NC(=S)Nc1ccccc1OC)C(Cl)(Cl)Cl. The van der Waals surface area contributed by atoms with Crippen molar-refractivity contribution < 1.29 is 9.53 Å². The smallest absolute Gasteiger partial charge is 0.228 e. The molecule has 1 amide bonds. The summed E-state index contributed by atoms with van der Waals surface area (Å²) in [5, 5.41) is 8.81. The minimum absolute atomic E-state index is 0.184. The van der Waals surface area contributed by atoms with E-state index in [1.807, 2.05) is 18.2 Å². The summed E-state index contributed by atoms with van der Waals surface area (Å²) in [5.41, 5.74) is 0.661. The second-order valence-electron chi connectivity index (χ2n) is 8.48. The maximum atomic E-state index is 12.4. The van der Waals surface area contributed by atoms with Gasteiger partial charge in [0, 0.05) is 6.42 Å². The molecule has 1 aromatic carbocycles. The topological polar surface area (TPSA) is 62.4 Å². The molecule has 0 aliphatic carbocycles. The number of hydrogen-bond donors (Lipinski definition) is 3. The van der Waals surface area contributed by atoms with Gasteiger partial charge in [-0.15, -0.1) is 0 Å². The number of benzene rings is 1. The number of carbonyl (C=O) groups excluding carboxylic acids is 1. The van der Waals surface area contributed by atoms with Gasteiger partial charge in [-0.2, -0.15) is 0 Å². The zero-order valence-corrected chi connectivity index (χ0v) is 23.5. The summed E-state index contributed by atoms with van der Waals surface area (Å²) in [5.74, 6) is 0.434. The average molecular weight is 553 g/mol. The lowest BCUT2D eigenvalue weighted by molar-refractivity contribution is -0.122. The molecule has 0 bridgehead atoms. The summed E-state index contributed by atoms with van der Waals surface area (Å²) in [4.78, 5) is 12.4. The Morgan fingerprint density at radius 1 is 0.912 bits per heavy atom. The minimum atomic E-state index is -1.78. The first kappa shape index (κ1) is 31.1. The molecule has 1 aromatic rings. The Kier molecular flexibility index (Phi) is 16.8. The third kappa shape index (κ3) is 14.4. The van der Waals surface area contributed by atoms with Crippen LogP contribution < -0.4 is 20.7 Å². The number of alkyl halides is 3. The number of para-hydroxylation sites is 2. The summed E-state index contributed by atoms with van der Waals surface area (Å²) < 4.78 is 3.52. The van der Waals surface area contributed by atoms with E-state index in [0.29, 0.717) is 17.9 Å². The lowest BCUT2D eigenvalue weighted by Crippen LogP contribution is -2.56. The molecule has 5 nitrogen and oxygen atoms in total. The molecule has 34 heavy (non-hydrogen) atoms. The van der Waals surface area contributed by atoms with E-state index < -0.39 is 9.96 Å². The Morgan fingerprint density at radius 3 is 1.97 bits per heavy atom. The first-order valence-corrected chi connectivity index (χ1v) is 13.9. The van der Waals surface area contributed by atoms with Gasteiger partial charge in [0.15, 0.2) is 5.11 Å². The molecule has 1 rings (SSSR count). The molecule has 0 heterocycles. The molecular weight excluding hydrogens is 513 g/mol. The Bertz CT molecular complexity index is 717. The average Bonchev–Trinajstić information content (AvgIpc) is 2.79. The molecule has 3 N–H and O–H groups in total. The molecule has 0 saturated carbocycles. The highest BCUT2D eigenvalue weighted by Gasteiger charge is 2.34. The summed E-state index contributed by atoms with van der Waals surface area (Å²) >= 11 is 23.5. The fraction of sp³-hybridized carbons (Fsp3) is 0.680. The maximum absolute atomic E-state index is 12.4. The Hall–Kier alpha value is -0.950. The highest BCUT2D eigenvalue weighted by Crippen LogP contribution is 2.29. The normalized spacial score (nSPS) is 12.1. The lowest BCUT2D eigenvalue weighted by Gasteiger charge is -2.28. The quantitative estimate of drug-likeness (QED) is 0.0794. The molecule has 0 aromatic heterocycles. The molecule has 0 aliphatic rings. The van der Waals surface area contributed by atoms with Gasteiger partial charge in [-0.05, 0) is 30.8 Å². The summed E-state index contributed by atoms with van der Waals surface area (Å²) in [7, 11) is 1.57. The second kappa shape index (κ2) is 18.3. The van der Waals surface area contributed by atoms with Crippen molar-refractivity contribution >= 4 is 63.7 Å². The number of carbonyl (C=O) groups is 1. The minimum Gasteiger partial charge on any atom is -0.495 e. The van der Waals surface area contributed by atoms with Gasteiger partial charge in [0.05, 0.1) is 12.8 Å². The zero-order valence-electron chi connectivity index (χ0n) is 20.4. The van der Waals surface area contributed by atoms with E-state index in [4.69, 9.17) is 51.8 Å². The van der Waals surface area contributed by atoms with Crippen molar-refractivity contribution in [1.29, 1.82) is 0 Å². The maximum Gasteiger partial charge on any atom is 0.228 e. The highest BCUT2D eigenvalue weighted by atomic mass is 35.6. The van der Waals surface area contributed by atoms with E-state index in [2.05, 4.69) is 22.9 Å². The number of nitrogens with one attached hydrogen (secondary N) is 3. The van der Waals surface area contributed by atoms with E-state index in [9.17, 15) is 4.79 Å². The zero-order chi connectivity index (χ0) is 25.2. The van der Waals surface area contributed by atoms with Crippen LogP contribution in [0.4, 0.5) is 5.69 Å². The van der Waals surface area contributed by atoms with Gasteiger partial charge in [-0.1, -0.05) is 124 Å². The van der Waals surface area contributed by atoms with Gasteiger partial charge in [0.1, 0.15) is 11.9 Å². The van der Waals surface area contributed by atoms with E-state index in [1.165, 1.54) is 57.8 Å². The van der Waals surface area contributed by atoms with Crippen molar-refractivity contribution in [3.63, 3.8) is 0 Å². The molecule has 0 spiro atoms. The molecule has 0 fully saturated rings. The van der Waals surface area contributed by atoms with Crippen LogP contribution in [-0.4, -0.2) is 28.1 Å². The standard InChI is InChI=1S/C25H40Cl3N3O2S/c1-3-4-5-6-7-8-9-10-11-12-13-14-19-22(32)30-23(25(26,27)28)31-24(34)29-20-17-15-16-18-21(20)33-2/h15-18,23H,3-14,19H2,1-2H3,(H,30,32)(H2,29,31,34)/t23-/m0/s1. The molecule has 0 saturated heterocycles. The van der Waals surface area contributed by atoms with Gasteiger partial charge in [-0.25, -0.2) is 0 Å². The number of rotatable bonds is 17. The molecule has 0 unspecified atom stereocenters. The summed E-state index contributed by atoms with van der Waals surface area (Å²) in [6.07, 6.45) is 14.3. The Balaban J connectivity index is 2.27. The fourth-order valence-corrected chi connectivity index (χ4v) is 4.15. The summed E-state index contributed by atoms with van der Waals surface area (Å²) in [6, 6.07) is 7.30. The van der Waals surface area contributed by atoms with Gasteiger partial charge in [-0.3, -0.25) is 4.79 Å². The Morgan fingerprint density at radius 2 is 1.44 bits per heavy atom. The highest BCUT2D eigenvalue weighted by molar-refractivity contribution is 7.80. The van der Waals surface area contributed by atoms with E-state index in [1.54, 1.807) is 13.2 Å². The van der Waals surface area contributed by atoms with Gasteiger partial charge in [0.2, 0.25) is 9.70 Å². The lowest BCUT2D eigenvalue weighted by atomic mass is 10.0. The van der Waals surface area contributed by atoms with Crippen LogP contribution in [0.15, 0.2) is 24.3 Å². The van der Waals surface area contributed by atoms with Crippen LogP contribution in [0.1, 0.15) is 90.4 Å². The van der Waals surface area contributed by atoms with Crippen molar-refractivity contribution in [2.45, 2.75) is 100 Å². The van der Waals surface area contributed by atoms with Crippen LogP contribution in [-0.2, 0) is 4.79 Å². The van der Waals surface area contributed by atoms with Crippen LogP contribution in [0.2, 0.25) is 0 Å². The molecule has 0 aliphatic heterocycles. The molecule has 9 heteroatoms. The van der Waals surface area contributed by atoms with Crippen LogP contribution in [0, 0.1) is 0 Å². The van der Waals surface area contributed by atoms with Crippen LogP contribution >= 0.6 is 47.0 Å². The van der Waals surface area contributed by atoms with Crippen molar-refractivity contribution in [2.75, 3.05) is 12.4 Å². The number of halogens is 3. The number of methoxy groups -OCH3 is 1. The molecule has 0 radical (unpaired) electrons. The first-order chi connectivity index (χ1) is 16.3. The van der Waals surface area contributed by atoms with Crippen molar-refractivity contribution in [3.05, 3.63) is 24.3 Å². The monoisotopic (exact) mass is 551 g/mol. The van der Waals surface area contributed by atoms with Crippen molar-refractivity contribution in [3.8, 4) is 5.75 Å². The number of amides is 1. The second-order valence-corrected chi connectivity index (χ2v) is 11.3. The molecule has 1 atom stereocenters. The van der Waals surface area contributed by atoms with Gasteiger partial charge in [0.25, 0.3) is 0 Å². The number of anilines is 1. The molecule has 194 valence electrons. The number of thiocarbonyl (C=S) groups is 1. The van der Waals surface area contributed by atoms with Crippen molar-refractivity contribution in [2.24, 2.45) is 0 Å². The largest absolute Gasteiger partial charge is 0.495 e. The summed E-state index contributed by atoms with van der Waals surface area (Å²) in [6.45, 7) is 2.25. The molecular formula is C25H40Cl3N3O2S. The van der Waals surface area contributed by atoms with E-state index in [-0.39, 0.29) is 11.0 Å². The van der Waals surface area contributed by atoms with Gasteiger partial charge >= 0.3 is 0 Å². The predicted molar refractivity (Wildman–Crippen MR) is 150 cm³/mol. The number of unbranched alkanes of at least 4 members (excludes halogenated alkanes) is 11. The van der Waals surface area contributed by atoms with E-state index in [0.717, 1.165) is 19.3 Å². The van der Waals surface area contributed by atoms with Crippen LogP contribution in [0.3, 0.4) is 0 Å². The predicted octanol–water partition coefficient (Wildman–Crippen LogP) is 7.89. The van der Waals surface area contributed by atoms with Gasteiger partial charge < -0.3 is 20.7 Å². The van der Waals surface area contributed by atoms with Crippen molar-refractivity contribution in [1.82, 2.24) is 10.6 Å².